The van der Waals surface area contributed by atoms with Gasteiger partial charge in [0.1, 0.15) is 0 Å². The van der Waals surface area contributed by atoms with Crippen molar-refractivity contribution in [2.45, 2.75) is 4.90 Å². The number of sulfonamides is 1. The molecule has 2 aromatic carbocycles. The molecule has 0 aromatic heterocycles. The molecular formula is C17H12ClNO4S. The molecule has 0 bridgehead atoms. The second-order valence-corrected chi connectivity index (χ2v) is 7.07. The fraction of sp³-hybridized carbons (Fsp3) is 0. The highest BCUT2D eigenvalue weighted by Crippen LogP contribution is 2.31. The summed E-state index contributed by atoms with van der Waals surface area (Å²) in [5.41, 5.74) is 2.40. The average Bonchev–Trinajstić information content (AvgIpc) is 2.95. The molecular weight excluding hydrogens is 350 g/mol. The number of benzene rings is 2. The lowest BCUT2D eigenvalue weighted by molar-refractivity contribution is -0.132. The van der Waals surface area contributed by atoms with Crippen molar-refractivity contribution in [2.75, 3.05) is 0 Å². The normalized spacial score (nSPS) is 16.2. The van der Waals surface area contributed by atoms with Gasteiger partial charge in [0.05, 0.1) is 16.7 Å². The second-order valence-electron chi connectivity index (χ2n) is 5.07. The number of carbonyl (C=O) groups excluding carboxylic acids is 1. The molecule has 0 aliphatic carbocycles. The molecule has 0 saturated heterocycles. The van der Waals surface area contributed by atoms with Gasteiger partial charge in [0.15, 0.2) is 0 Å². The van der Waals surface area contributed by atoms with Crippen LogP contribution in [0, 0.1) is 0 Å². The highest BCUT2D eigenvalue weighted by molar-refractivity contribution is 7.89. The molecule has 2 aromatic rings. The fourth-order valence-corrected chi connectivity index (χ4v) is 3.03. The van der Waals surface area contributed by atoms with Crippen LogP contribution >= 0.6 is 11.6 Å². The Balaban J connectivity index is 2.18. The first kappa shape index (κ1) is 16.4. The zero-order valence-corrected chi connectivity index (χ0v) is 13.8. The Morgan fingerprint density at radius 3 is 1.96 bits per heavy atom. The van der Waals surface area contributed by atoms with E-state index in [0.717, 1.165) is 5.56 Å². The summed E-state index contributed by atoms with van der Waals surface area (Å²) >= 11 is 5.92. The number of nitrogens with two attached hydrogens (primary N) is 1. The number of cyclic esters (lactones) is 1. The number of primary sulfonamides is 1. The molecule has 0 unspecified atom stereocenters. The van der Waals surface area contributed by atoms with Crippen LogP contribution in [0.4, 0.5) is 0 Å². The predicted octanol–water partition coefficient (Wildman–Crippen LogP) is 2.86. The molecule has 0 fully saturated rings. The first-order chi connectivity index (χ1) is 11.4. The van der Waals surface area contributed by atoms with E-state index < -0.39 is 16.0 Å². The van der Waals surface area contributed by atoms with Gasteiger partial charge in [-0.3, -0.25) is 0 Å². The Hall–Kier alpha value is -2.41. The van der Waals surface area contributed by atoms with Crippen LogP contribution in [0.2, 0.25) is 5.02 Å². The van der Waals surface area contributed by atoms with Gasteiger partial charge in [-0.25, -0.2) is 18.4 Å². The van der Waals surface area contributed by atoms with Crippen LogP contribution in [0.3, 0.4) is 0 Å². The predicted molar refractivity (Wildman–Crippen MR) is 90.5 cm³/mol. The van der Waals surface area contributed by atoms with Gasteiger partial charge in [-0.05, 0) is 41.5 Å². The first-order valence-electron chi connectivity index (χ1n) is 6.87. The molecule has 0 spiro atoms. The zero-order chi connectivity index (χ0) is 17.3. The van der Waals surface area contributed by atoms with Gasteiger partial charge < -0.3 is 4.74 Å². The summed E-state index contributed by atoms with van der Waals surface area (Å²) in [7, 11) is -3.78. The Bertz CT molecular complexity index is 959. The van der Waals surface area contributed by atoms with E-state index in [2.05, 4.69) is 0 Å². The number of esters is 1. The van der Waals surface area contributed by atoms with Gasteiger partial charge in [0.2, 0.25) is 10.0 Å². The number of hydrogen-bond acceptors (Lipinski definition) is 4. The minimum absolute atomic E-state index is 0.00348. The molecule has 122 valence electrons. The molecule has 0 radical (unpaired) electrons. The van der Waals surface area contributed by atoms with Crippen molar-refractivity contribution in [3.63, 3.8) is 0 Å². The van der Waals surface area contributed by atoms with E-state index >= 15 is 0 Å². The van der Waals surface area contributed by atoms with Crippen LogP contribution in [-0.2, 0) is 19.6 Å². The molecule has 7 heteroatoms. The lowest BCUT2D eigenvalue weighted by Crippen LogP contribution is -2.12. The van der Waals surface area contributed by atoms with Gasteiger partial charge >= 0.3 is 5.97 Å². The largest absolute Gasteiger partial charge is 0.431 e. The summed E-state index contributed by atoms with van der Waals surface area (Å²) in [5.74, 6) is -0.476. The highest BCUT2D eigenvalue weighted by atomic mass is 35.5. The third kappa shape index (κ3) is 3.26. The van der Waals surface area contributed by atoms with Crippen LogP contribution in [0.15, 0.2) is 71.3 Å². The SMILES string of the molecule is NS(=O)(=O)c1ccc(C(=C2C=COC2=O)c2ccc(Cl)cc2)cc1. The number of carbonyl (C=O) groups is 1. The third-order valence-corrected chi connectivity index (χ3v) is 4.68. The van der Waals surface area contributed by atoms with E-state index in [1.165, 1.54) is 18.4 Å². The average molecular weight is 362 g/mol. The van der Waals surface area contributed by atoms with Crippen LogP contribution in [0.5, 0.6) is 0 Å². The van der Waals surface area contributed by atoms with E-state index in [9.17, 15) is 13.2 Å². The van der Waals surface area contributed by atoms with E-state index in [1.54, 1.807) is 42.5 Å². The van der Waals surface area contributed by atoms with Crippen molar-refractivity contribution in [2.24, 2.45) is 5.14 Å². The highest BCUT2D eigenvalue weighted by Gasteiger charge is 2.21. The van der Waals surface area contributed by atoms with Crippen molar-refractivity contribution in [1.29, 1.82) is 0 Å². The zero-order valence-electron chi connectivity index (χ0n) is 12.3. The van der Waals surface area contributed by atoms with Crippen molar-refractivity contribution in [3.8, 4) is 0 Å². The van der Waals surface area contributed by atoms with Crippen molar-refractivity contribution >= 4 is 33.2 Å². The van der Waals surface area contributed by atoms with Gasteiger partial charge in [-0.1, -0.05) is 35.9 Å². The molecule has 1 aliphatic heterocycles. The summed E-state index contributed by atoms with van der Waals surface area (Å²) in [6.45, 7) is 0. The van der Waals surface area contributed by atoms with Crippen LogP contribution in [0.1, 0.15) is 11.1 Å². The van der Waals surface area contributed by atoms with E-state index in [4.69, 9.17) is 21.5 Å². The molecule has 2 N–H and O–H groups in total. The maximum Gasteiger partial charge on any atom is 0.343 e. The maximum atomic E-state index is 12.0. The van der Waals surface area contributed by atoms with Crippen LogP contribution in [0.25, 0.3) is 5.57 Å². The molecule has 0 atom stereocenters. The van der Waals surface area contributed by atoms with Gasteiger partial charge in [-0.15, -0.1) is 0 Å². The second kappa shape index (κ2) is 6.24. The number of rotatable bonds is 3. The number of ether oxygens (including phenoxy) is 1. The van der Waals surface area contributed by atoms with Gasteiger partial charge in [-0.2, -0.15) is 0 Å². The Labute approximate surface area is 144 Å². The van der Waals surface area contributed by atoms with E-state index in [-0.39, 0.29) is 4.90 Å². The number of hydrogen-bond donors (Lipinski definition) is 1. The summed E-state index contributed by atoms with van der Waals surface area (Å²) in [6.07, 6.45) is 2.88. The molecule has 24 heavy (non-hydrogen) atoms. The molecule has 3 rings (SSSR count). The van der Waals surface area contributed by atoms with Crippen molar-refractivity contribution < 1.29 is 17.9 Å². The summed E-state index contributed by atoms with van der Waals surface area (Å²) in [6, 6.07) is 12.9. The first-order valence-corrected chi connectivity index (χ1v) is 8.80. The van der Waals surface area contributed by atoms with Crippen molar-refractivity contribution in [3.05, 3.63) is 82.6 Å². The summed E-state index contributed by atoms with van der Waals surface area (Å²) < 4.78 is 27.7. The van der Waals surface area contributed by atoms with Gasteiger partial charge in [0.25, 0.3) is 0 Å². The molecule has 1 aliphatic rings. The summed E-state index contributed by atoms with van der Waals surface area (Å²) in [4.78, 5) is 12.0. The lowest BCUT2D eigenvalue weighted by atomic mass is 9.93. The minimum Gasteiger partial charge on any atom is -0.431 e. The number of halogens is 1. The van der Waals surface area contributed by atoms with Crippen LogP contribution < -0.4 is 5.14 Å². The van der Waals surface area contributed by atoms with Crippen LogP contribution in [-0.4, -0.2) is 14.4 Å². The standard InChI is InChI=1S/C17H12ClNO4S/c18-13-5-1-11(2-6-13)16(15-9-10-23-17(15)20)12-3-7-14(8-4-12)24(19,21)22/h1-10H,(H2,19,21,22). The molecule has 5 nitrogen and oxygen atoms in total. The van der Waals surface area contributed by atoms with Crippen molar-refractivity contribution in [1.82, 2.24) is 0 Å². The Morgan fingerprint density at radius 2 is 1.50 bits per heavy atom. The smallest absolute Gasteiger partial charge is 0.343 e. The van der Waals surface area contributed by atoms with Gasteiger partial charge in [0, 0.05) is 10.6 Å². The maximum absolute atomic E-state index is 12.0. The van der Waals surface area contributed by atoms with E-state index in [1.807, 2.05) is 0 Å². The summed E-state index contributed by atoms with van der Waals surface area (Å²) in [5, 5.41) is 5.68. The molecule has 0 saturated carbocycles. The topological polar surface area (TPSA) is 86.5 Å². The quantitative estimate of drug-likeness (QED) is 0.672. The Kier molecular flexibility index (Phi) is 4.28. The lowest BCUT2D eigenvalue weighted by Gasteiger charge is -2.11. The molecule has 1 heterocycles. The minimum atomic E-state index is -3.78. The third-order valence-electron chi connectivity index (χ3n) is 3.50. The fourth-order valence-electron chi connectivity index (χ4n) is 2.39. The molecule has 0 amide bonds. The monoisotopic (exact) mass is 361 g/mol. The van der Waals surface area contributed by atoms with E-state index in [0.29, 0.717) is 21.7 Å². The Morgan fingerprint density at radius 1 is 0.958 bits per heavy atom.